The number of nitrogens with zero attached hydrogens (tertiary/aromatic N) is 1. The van der Waals surface area contributed by atoms with Crippen LogP contribution in [0.3, 0.4) is 0 Å². The van der Waals surface area contributed by atoms with E-state index in [0.29, 0.717) is 0 Å². The number of carbonyl (C=O) groups excluding carboxylic acids is 1. The Balaban J connectivity index is 0.000000771. The first-order chi connectivity index (χ1) is 8.70. The van der Waals surface area contributed by atoms with E-state index in [2.05, 4.69) is 18.0 Å². The van der Waals surface area contributed by atoms with Crippen molar-refractivity contribution >= 4 is 17.1 Å². The van der Waals surface area contributed by atoms with Crippen molar-refractivity contribution < 1.29 is 4.79 Å². The maximum Gasteiger partial charge on any atom is 0.169 e. The second-order valence-electron chi connectivity index (χ2n) is 3.63. The highest BCUT2D eigenvalue weighted by molar-refractivity contribution is 7.17. The fraction of sp³-hybridized carbons (Fsp3) is 0.333. The van der Waals surface area contributed by atoms with E-state index in [-0.39, 0.29) is 5.78 Å². The Morgan fingerprint density at radius 2 is 1.94 bits per heavy atom. The van der Waals surface area contributed by atoms with E-state index >= 15 is 0 Å². The molecule has 0 aliphatic rings. The van der Waals surface area contributed by atoms with E-state index in [1.807, 2.05) is 38.2 Å². The van der Waals surface area contributed by atoms with Crippen LogP contribution >= 0.6 is 11.3 Å². The van der Waals surface area contributed by atoms with Gasteiger partial charge in [-0.25, -0.2) is 0 Å². The Labute approximate surface area is 113 Å². The SMILES string of the molecule is CC.CCc1ccc(-c2ccc(C(C)=O)s2)nc1. The molecule has 0 radical (unpaired) electrons. The number of carbonyl (C=O) groups is 1. The highest BCUT2D eigenvalue weighted by Crippen LogP contribution is 2.26. The number of rotatable bonds is 3. The summed E-state index contributed by atoms with van der Waals surface area (Å²) < 4.78 is 0. The zero-order chi connectivity index (χ0) is 13.5. The summed E-state index contributed by atoms with van der Waals surface area (Å²) >= 11 is 1.50. The second-order valence-corrected chi connectivity index (χ2v) is 4.71. The Bertz CT molecular complexity index is 499. The Kier molecular flexibility index (Phi) is 5.72. The van der Waals surface area contributed by atoms with Crippen LogP contribution in [-0.4, -0.2) is 10.8 Å². The quantitative estimate of drug-likeness (QED) is 0.756. The molecule has 18 heavy (non-hydrogen) atoms. The van der Waals surface area contributed by atoms with E-state index in [1.165, 1.54) is 16.9 Å². The van der Waals surface area contributed by atoms with Crippen LogP contribution in [-0.2, 0) is 6.42 Å². The first-order valence-corrected chi connectivity index (χ1v) is 7.08. The van der Waals surface area contributed by atoms with Gasteiger partial charge in [-0.1, -0.05) is 26.8 Å². The number of hydrogen-bond donors (Lipinski definition) is 0. The molecule has 0 aliphatic carbocycles. The van der Waals surface area contributed by atoms with Crippen LogP contribution < -0.4 is 0 Å². The minimum atomic E-state index is 0.112. The minimum Gasteiger partial charge on any atom is -0.294 e. The van der Waals surface area contributed by atoms with Gasteiger partial charge in [-0.05, 0) is 37.1 Å². The largest absolute Gasteiger partial charge is 0.294 e. The molecule has 0 saturated heterocycles. The van der Waals surface area contributed by atoms with Gasteiger partial charge < -0.3 is 0 Å². The fourth-order valence-corrected chi connectivity index (χ4v) is 2.32. The van der Waals surface area contributed by atoms with Crippen LogP contribution in [0.1, 0.15) is 42.9 Å². The predicted octanol–water partition coefficient (Wildman–Crippen LogP) is 4.60. The number of ketones is 1. The molecule has 2 aromatic heterocycles. The summed E-state index contributed by atoms with van der Waals surface area (Å²) in [5.74, 6) is 0.112. The van der Waals surface area contributed by atoms with Gasteiger partial charge in [-0.15, -0.1) is 11.3 Å². The third-order valence-electron chi connectivity index (χ3n) is 2.44. The molecular weight excluding hydrogens is 242 g/mol. The molecule has 0 amide bonds. The molecule has 2 heterocycles. The average molecular weight is 261 g/mol. The summed E-state index contributed by atoms with van der Waals surface area (Å²) in [5.41, 5.74) is 2.17. The lowest BCUT2D eigenvalue weighted by Gasteiger charge is -1.98. The second kappa shape index (κ2) is 7.07. The first kappa shape index (κ1) is 14.6. The molecule has 0 saturated carbocycles. The van der Waals surface area contributed by atoms with Crippen molar-refractivity contribution in [1.29, 1.82) is 0 Å². The van der Waals surface area contributed by atoms with Crippen molar-refractivity contribution in [3.05, 3.63) is 40.9 Å². The lowest BCUT2D eigenvalue weighted by Crippen LogP contribution is -1.85. The molecule has 0 bridgehead atoms. The molecule has 0 aliphatic heterocycles. The Morgan fingerprint density at radius 3 is 2.39 bits per heavy atom. The zero-order valence-electron chi connectivity index (χ0n) is 11.4. The van der Waals surface area contributed by atoms with E-state index in [4.69, 9.17) is 0 Å². The van der Waals surface area contributed by atoms with Crippen LogP contribution in [0.5, 0.6) is 0 Å². The molecule has 2 aromatic rings. The van der Waals surface area contributed by atoms with E-state index in [9.17, 15) is 4.79 Å². The standard InChI is InChI=1S/C13H13NOS.C2H6/c1-3-10-4-5-11(14-8-10)13-7-6-12(16-13)9(2)15;1-2/h4-8H,3H2,1-2H3;1-2H3. The first-order valence-electron chi connectivity index (χ1n) is 6.26. The van der Waals surface area contributed by atoms with Crippen molar-refractivity contribution in [1.82, 2.24) is 4.98 Å². The summed E-state index contributed by atoms with van der Waals surface area (Å²) in [6.07, 6.45) is 2.89. The lowest BCUT2D eigenvalue weighted by molar-refractivity contribution is 0.102. The zero-order valence-corrected chi connectivity index (χ0v) is 12.2. The Hall–Kier alpha value is -1.48. The number of pyridine rings is 1. The highest BCUT2D eigenvalue weighted by atomic mass is 32.1. The smallest absolute Gasteiger partial charge is 0.169 e. The van der Waals surface area contributed by atoms with Crippen molar-refractivity contribution in [3.8, 4) is 10.6 Å². The van der Waals surface area contributed by atoms with Crippen molar-refractivity contribution in [2.45, 2.75) is 34.1 Å². The van der Waals surface area contributed by atoms with E-state index in [0.717, 1.165) is 21.9 Å². The molecule has 0 fully saturated rings. The third kappa shape index (κ3) is 3.50. The van der Waals surface area contributed by atoms with Gasteiger partial charge in [0.1, 0.15) is 0 Å². The Morgan fingerprint density at radius 1 is 1.22 bits per heavy atom. The number of thiophene rings is 1. The van der Waals surface area contributed by atoms with Gasteiger partial charge in [0.15, 0.2) is 5.78 Å². The summed E-state index contributed by atoms with van der Waals surface area (Å²) in [7, 11) is 0. The van der Waals surface area contributed by atoms with Gasteiger partial charge in [0.25, 0.3) is 0 Å². The molecule has 0 unspecified atom stereocenters. The predicted molar refractivity (Wildman–Crippen MR) is 78.3 cm³/mol. The third-order valence-corrected chi connectivity index (χ3v) is 3.65. The molecule has 96 valence electrons. The van der Waals surface area contributed by atoms with Crippen LogP contribution in [0.4, 0.5) is 0 Å². The maximum absolute atomic E-state index is 11.2. The van der Waals surface area contributed by atoms with E-state index in [1.54, 1.807) is 6.92 Å². The summed E-state index contributed by atoms with van der Waals surface area (Å²) in [6, 6.07) is 7.90. The van der Waals surface area contributed by atoms with Gasteiger partial charge in [-0.2, -0.15) is 0 Å². The van der Waals surface area contributed by atoms with Crippen molar-refractivity contribution in [2.24, 2.45) is 0 Å². The normalized spacial score (nSPS) is 9.56. The number of hydrogen-bond acceptors (Lipinski definition) is 3. The molecule has 2 nitrogen and oxygen atoms in total. The molecule has 0 N–H and O–H groups in total. The van der Waals surface area contributed by atoms with Gasteiger partial charge >= 0.3 is 0 Å². The number of Topliss-reactive ketones (excluding diaryl/α,β-unsaturated/α-hetero) is 1. The number of aryl methyl sites for hydroxylation is 1. The summed E-state index contributed by atoms with van der Waals surface area (Å²) in [6.45, 7) is 7.69. The highest BCUT2D eigenvalue weighted by Gasteiger charge is 2.06. The fourth-order valence-electron chi connectivity index (χ4n) is 1.44. The van der Waals surface area contributed by atoms with Gasteiger partial charge in [0.2, 0.25) is 0 Å². The monoisotopic (exact) mass is 261 g/mol. The molecular formula is C15H19NOS. The van der Waals surface area contributed by atoms with Crippen LogP contribution in [0.2, 0.25) is 0 Å². The average Bonchev–Trinajstić information content (AvgIpc) is 2.91. The molecule has 3 heteroatoms. The maximum atomic E-state index is 11.2. The van der Waals surface area contributed by atoms with Crippen LogP contribution in [0.15, 0.2) is 30.5 Å². The minimum absolute atomic E-state index is 0.112. The molecule has 0 aromatic carbocycles. The molecule has 0 atom stereocenters. The molecule has 2 rings (SSSR count). The van der Waals surface area contributed by atoms with Gasteiger partial charge in [0.05, 0.1) is 15.4 Å². The topological polar surface area (TPSA) is 30.0 Å². The summed E-state index contributed by atoms with van der Waals surface area (Å²) in [4.78, 5) is 17.4. The summed E-state index contributed by atoms with van der Waals surface area (Å²) in [5, 5.41) is 0. The van der Waals surface area contributed by atoms with Crippen molar-refractivity contribution in [2.75, 3.05) is 0 Å². The van der Waals surface area contributed by atoms with Crippen molar-refractivity contribution in [3.63, 3.8) is 0 Å². The number of aromatic nitrogens is 1. The van der Waals surface area contributed by atoms with Crippen LogP contribution in [0, 0.1) is 0 Å². The van der Waals surface area contributed by atoms with Crippen LogP contribution in [0.25, 0.3) is 10.6 Å². The van der Waals surface area contributed by atoms with Gasteiger partial charge in [-0.3, -0.25) is 9.78 Å². The lowest BCUT2D eigenvalue weighted by atomic mass is 10.2. The van der Waals surface area contributed by atoms with Gasteiger partial charge in [0, 0.05) is 6.20 Å². The molecule has 0 spiro atoms. The van der Waals surface area contributed by atoms with E-state index < -0.39 is 0 Å².